The first-order valence-electron chi connectivity index (χ1n) is 4.05. The van der Waals surface area contributed by atoms with Crippen LogP contribution >= 0.6 is 0 Å². The Labute approximate surface area is 85.8 Å². The van der Waals surface area contributed by atoms with Crippen molar-refractivity contribution in [3.05, 3.63) is 12.7 Å². The van der Waals surface area contributed by atoms with Crippen molar-refractivity contribution < 1.29 is 5.11 Å². The topological polar surface area (TPSA) is 20.2 Å². The van der Waals surface area contributed by atoms with E-state index in [2.05, 4.69) is 0 Å². The Morgan fingerprint density at radius 3 is 1.91 bits per heavy atom. The molecule has 1 fully saturated rings. The second-order valence-electron chi connectivity index (χ2n) is 3.18. The molecule has 0 heterocycles. The minimum absolute atomic E-state index is 0. The molecule has 1 nitrogen and oxygen atoms in total. The third-order valence-corrected chi connectivity index (χ3v) is 2.28. The Morgan fingerprint density at radius 2 is 1.55 bits per heavy atom. The Kier molecular flexibility index (Phi) is 5.32. The van der Waals surface area contributed by atoms with Gasteiger partial charge in [0.1, 0.15) is 5.60 Å². The molecule has 0 saturated heterocycles. The molecule has 1 N–H and O–H groups in total. The van der Waals surface area contributed by atoms with Crippen LogP contribution in [0.25, 0.3) is 0 Å². The smallest absolute Gasteiger partial charge is 0.204 e. The van der Waals surface area contributed by atoms with E-state index >= 15 is 0 Å². The molecule has 0 atom stereocenters. The van der Waals surface area contributed by atoms with Crippen molar-refractivity contribution in [3.63, 3.8) is 0 Å². The average molecular weight is 258 g/mol. The van der Waals surface area contributed by atoms with Gasteiger partial charge < -0.3 is 5.11 Å². The molecule has 1 aliphatic rings. The number of rotatable bonds is 1. The molecular formula is C9H15OSn+. The fourth-order valence-corrected chi connectivity index (χ4v) is 1.51. The summed E-state index contributed by atoms with van der Waals surface area (Å²) >= 11 is 0. The zero-order valence-electron chi connectivity index (χ0n) is 6.84. The average Bonchev–Trinajstić information content (AvgIpc) is 2.15. The largest absolute Gasteiger partial charge is 0.381 e. The van der Waals surface area contributed by atoms with Crippen LogP contribution in [-0.4, -0.2) is 34.6 Å². The Bertz CT molecular complexity index is 115. The number of aliphatic hydroxyl groups is 1. The summed E-state index contributed by atoms with van der Waals surface area (Å²) in [6.07, 6.45) is 7.88. The van der Waals surface area contributed by atoms with E-state index in [1.807, 2.05) is 0 Å². The van der Waals surface area contributed by atoms with Crippen LogP contribution in [0.4, 0.5) is 0 Å². The molecule has 0 aliphatic heterocycles. The Morgan fingerprint density at radius 1 is 1.09 bits per heavy atom. The molecule has 0 spiro atoms. The predicted octanol–water partition coefficient (Wildman–Crippen LogP) is 1.68. The van der Waals surface area contributed by atoms with Crippen molar-refractivity contribution >= 4 is 23.9 Å². The van der Waals surface area contributed by atoms with E-state index in [1.165, 1.54) is 18.9 Å². The van der Waals surface area contributed by atoms with Gasteiger partial charge in [-0.1, -0.05) is 25.7 Å². The summed E-state index contributed by atoms with van der Waals surface area (Å²) in [5.74, 6) is 0. The van der Waals surface area contributed by atoms with Crippen LogP contribution in [0.5, 0.6) is 0 Å². The maximum absolute atomic E-state index is 9.68. The zero-order valence-corrected chi connectivity index (χ0v) is 9.70. The van der Waals surface area contributed by atoms with E-state index in [1.54, 1.807) is 0 Å². The van der Waals surface area contributed by atoms with Crippen molar-refractivity contribution in [1.82, 2.24) is 0 Å². The molecular weight excluding hydrogens is 243 g/mol. The normalized spacial score (nSPS) is 22.9. The summed E-state index contributed by atoms with van der Waals surface area (Å²) in [6, 6.07) is 0. The van der Waals surface area contributed by atoms with Crippen molar-refractivity contribution in [2.75, 3.05) is 0 Å². The van der Waals surface area contributed by atoms with Crippen molar-refractivity contribution in [1.29, 1.82) is 0 Å². The number of hydrogen-bond donors (Lipinski definition) is 1. The first-order valence-corrected chi connectivity index (χ1v) is 4.05. The SMILES string of the molecule is [CH+]=CC1(O)CCCCCC1.[Sn]. The van der Waals surface area contributed by atoms with Crippen LogP contribution in [0.1, 0.15) is 38.5 Å². The molecule has 0 bridgehead atoms. The molecule has 1 aliphatic carbocycles. The summed E-state index contributed by atoms with van der Waals surface area (Å²) in [6.45, 7) is 5.33. The van der Waals surface area contributed by atoms with Crippen LogP contribution in [0.3, 0.4) is 0 Å². The van der Waals surface area contributed by atoms with Crippen LogP contribution in [0, 0.1) is 6.58 Å². The molecule has 0 unspecified atom stereocenters. The zero-order chi connectivity index (χ0) is 7.45. The predicted molar refractivity (Wildman–Crippen MR) is 47.3 cm³/mol. The Hall–Kier alpha value is 0.409. The fraction of sp³-hybridized carbons (Fsp3) is 0.778. The maximum atomic E-state index is 9.68. The van der Waals surface area contributed by atoms with E-state index in [0.29, 0.717) is 0 Å². The van der Waals surface area contributed by atoms with E-state index in [-0.39, 0.29) is 23.9 Å². The molecule has 0 amide bonds. The second kappa shape index (κ2) is 5.12. The third kappa shape index (κ3) is 3.54. The summed E-state index contributed by atoms with van der Waals surface area (Å²) in [4.78, 5) is 0. The molecule has 11 heavy (non-hydrogen) atoms. The van der Waals surface area contributed by atoms with Crippen molar-refractivity contribution in [2.24, 2.45) is 0 Å². The van der Waals surface area contributed by atoms with E-state index in [0.717, 1.165) is 25.7 Å². The third-order valence-electron chi connectivity index (χ3n) is 2.28. The summed E-state index contributed by atoms with van der Waals surface area (Å²) < 4.78 is 0. The van der Waals surface area contributed by atoms with Crippen LogP contribution < -0.4 is 0 Å². The van der Waals surface area contributed by atoms with Gasteiger partial charge in [0.25, 0.3) is 0 Å². The molecule has 2 heteroatoms. The van der Waals surface area contributed by atoms with Gasteiger partial charge in [-0.3, -0.25) is 0 Å². The summed E-state index contributed by atoms with van der Waals surface area (Å²) in [5, 5.41) is 9.68. The molecule has 0 aromatic rings. The van der Waals surface area contributed by atoms with Gasteiger partial charge >= 0.3 is 0 Å². The number of hydrogen-bond acceptors (Lipinski definition) is 1. The van der Waals surface area contributed by atoms with Gasteiger partial charge in [-0.25, -0.2) is 0 Å². The van der Waals surface area contributed by atoms with Gasteiger partial charge in [-0.15, -0.1) is 0 Å². The van der Waals surface area contributed by atoms with Crippen molar-refractivity contribution in [2.45, 2.75) is 44.1 Å². The van der Waals surface area contributed by atoms with Crippen LogP contribution in [-0.2, 0) is 0 Å². The molecule has 0 aromatic heterocycles. The van der Waals surface area contributed by atoms with Gasteiger partial charge in [0.2, 0.25) is 6.58 Å². The van der Waals surface area contributed by atoms with E-state index in [9.17, 15) is 5.11 Å². The van der Waals surface area contributed by atoms with Gasteiger partial charge in [0.15, 0.2) is 6.08 Å². The molecule has 1 rings (SSSR count). The van der Waals surface area contributed by atoms with Crippen LogP contribution in [0.2, 0.25) is 0 Å². The monoisotopic (exact) mass is 259 g/mol. The standard InChI is InChI=1S/C9H15O.Sn/c1-2-9(10)7-5-3-4-6-8-9;/h1-2,10H,3-8H2;/q+1;. The first-order chi connectivity index (χ1) is 4.77. The van der Waals surface area contributed by atoms with Crippen molar-refractivity contribution in [3.8, 4) is 0 Å². The van der Waals surface area contributed by atoms with E-state index in [4.69, 9.17) is 6.58 Å². The quantitative estimate of drug-likeness (QED) is 0.431. The summed E-state index contributed by atoms with van der Waals surface area (Å²) in [7, 11) is 0. The first kappa shape index (κ1) is 11.4. The molecule has 1 saturated carbocycles. The molecule has 0 aromatic carbocycles. The van der Waals surface area contributed by atoms with Gasteiger partial charge in [0, 0.05) is 23.9 Å². The molecule has 60 valence electrons. The second-order valence-corrected chi connectivity index (χ2v) is 3.18. The fourth-order valence-electron chi connectivity index (χ4n) is 1.51. The van der Waals surface area contributed by atoms with Gasteiger partial charge in [0.05, 0.1) is 0 Å². The maximum Gasteiger partial charge on any atom is 0.204 e. The van der Waals surface area contributed by atoms with Crippen LogP contribution in [0.15, 0.2) is 6.08 Å². The van der Waals surface area contributed by atoms with E-state index < -0.39 is 5.60 Å². The minimum atomic E-state index is -0.642. The van der Waals surface area contributed by atoms with Gasteiger partial charge in [-0.05, 0) is 12.8 Å². The van der Waals surface area contributed by atoms with Gasteiger partial charge in [-0.2, -0.15) is 0 Å². The molecule has 4 radical (unpaired) electrons. The summed E-state index contributed by atoms with van der Waals surface area (Å²) in [5.41, 5.74) is -0.642. The Balaban J connectivity index is 0.000001000. The minimum Gasteiger partial charge on any atom is -0.381 e.